The Labute approximate surface area is 169 Å². The van der Waals surface area contributed by atoms with Gasteiger partial charge in [0.1, 0.15) is 12.3 Å². The SMILES string of the molecule is Cc1ccc(N2NC(C(=O)Nc3ccc(OC4CCCC4)cc3)=NCC2=O)cc1. The topological polar surface area (TPSA) is 83.0 Å². The molecule has 29 heavy (non-hydrogen) atoms. The molecule has 1 saturated carbocycles. The van der Waals surface area contributed by atoms with E-state index < -0.39 is 5.91 Å². The van der Waals surface area contributed by atoms with Crippen molar-refractivity contribution in [2.24, 2.45) is 4.99 Å². The molecular weight excluding hydrogens is 368 g/mol. The number of carbonyl (C=O) groups excluding carboxylic acids is 2. The van der Waals surface area contributed by atoms with Gasteiger partial charge in [0.2, 0.25) is 5.84 Å². The van der Waals surface area contributed by atoms with E-state index in [9.17, 15) is 9.59 Å². The van der Waals surface area contributed by atoms with E-state index in [1.54, 1.807) is 12.1 Å². The maximum absolute atomic E-state index is 12.6. The van der Waals surface area contributed by atoms with Crippen LogP contribution in [-0.4, -0.2) is 30.3 Å². The zero-order valence-electron chi connectivity index (χ0n) is 16.4. The second-order valence-electron chi connectivity index (χ2n) is 7.34. The first kappa shape index (κ1) is 19.0. The van der Waals surface area contributed by atoms with Crippen molar-refractivity contribution in [1.82, 2.24) is 5.43 Å². The Hall–Kier alpha value is -3.35. The van der Waals surface area contributed by atoms with E-state index in [2.05, 4.69) is 15.7 Å². The summed E-state index contributed by atoms with van der Waals surface area (Å²) < 4.78 is 5.94. The van der Waals surface area contributed by atoms with E-state index in [1.165, 1.54) is 17.9 Å². The first-order valence-electron chi connectivity index (χ1n) is 9.87. The Morgan fingerprint density at radius 1 is 1.10 bits per heavy atom. The van der Waals surface area contributed by atoms with Crippen molar-refractivity contribution < 1.29 is 14.3 Å². The molecule has 2 aromatic rings. The molecule has 150 valence electrons. The molecule has 7 heteroatoms. The van der Waals surface area contributed by atoms with Crippen LogP contribution in [0.1, 0.15) is 31.2 Å². The van der Waals surface area contributed by atoms with Gasteiger partial charge in [-0.1, -0.05) is 17.7 Å². The summed E-state index contributed by atoms with van der Waals surface area (Å²) in [6.07, 6.45) is 4.92. The van der Waals surface area contributed by atoms with Gasteiger partial charge in [-0.25, -0.2) is 5.01 Å². The lowest BCUT2D eigenvalue weighted by Crippen LogP contribution is -2.54. The quantitative estimate of drug-likeness (QED) is 0.819. The zero-order chi connectivity index (χ0) is 20.2. The molecule has 0 saturated heterocycles. The predicted octanol–water partition coefficient (Wildman–Crippen LogP) is 3.20. The minimum atomic E-state index is -0.404. The van der Waals surface area contributed by atoms with Crippen molar-refractivity contribution in [3.05, 3.63) is 54.1 Å². The van der Waals surface area contributed by atoms with Gasteiger partial charge < -0.3 is 10.1 Å². The Kier molecular flexibility index (Phi) is 5.46. The number of rotatable bonds is 5. The van der Waals surface area contributed by atoms with E-state index >= 15 is 0 Å². The Bertz CT molecular complexity index is 916. The number of aryl methyl sites for hydroxylation is 1. The third-order valence-corrected chi connectivity index (χ3v) is 5.06. The van der Waals surface area contributed by atoms with Crippen LogP contribution in [0, 0.1) is 6.92 Å². The van der Waals surface area contributed by atoms with Crippen molar-refractivity contribution >= 4 is 29.0 Å². The summed E-state index contributed by atoms with van der Waals surface area (Å²) in [6, 6.07) is 14.8. The molecule has 1 aliphatic carbocycles. The molecule has 0 bridgehead atoms. The number of carbonyl (C=O) groups is 2. The second-order valence-corrected chi connectivity index (χ2v) is 7.34. The molecule has 2 aromatic carbocycles. The summed E-state index contributed by atoms with van der Waals surface area (Å²) in [7, 11) is 0. The molecule has 0 radical (unpaired) electrons. The average molecular weight is 392 g/mol. The van der Waals surface area contributed by atoms with Gasteiger partial charge in [-0.2, -0.15) is 0 Å². The smallest absolute Gasteiger partial charge is 0.292 e. The molecule has 0 unspecified atom stereocenters. The predicted molar refractivity (Wildman–Crippen MR) is 112 cm³/mol. The molecule has 2 amide bonds. The maximum Gasteiger partial charge on any atom is 0.292 e. The third kappa shape index (κ3) is 4.56. The average Bonchev–Trinajstić information content (AvgIpc) is 3.23. The molecule has 4 rings (SSSR count). The Balaban J connectivity index is 1.38. The fourth-order valence-corrected chi connectivity index (χ4v) is 3.45. The van der Waals surface area contributed by atoms with Gasteiger partial charge in [-0.3, -0.25) is 20.0 Å². The highest BCUT2D eigenvalue weighted by Gasteiger charge is 2.25. The van der Waals surface area contributed by atoms with E-state index in [1.807, 2.05) is 43.3 Å². The largest absolute Gasteiger partial charge is 0.490 e. The van der Waals surface area contributed by atoms with Gasteiger partial charge in [-0.15, -0.1) is 0 Å². The van der Waals surface area contributed by atoms with Crippen molar-refractivity contribution in [1.29, 1.82) is 0 Å². The molecule has 0 atom stereocenters. The molecule has 2 N–H and O–H groups in total. The van der Waals surface area contributed by atoms with Gasteiger partial charge >= 0.3 is 0 Å². The van der Waals surface area contributed by atoms with Crippen molar-refractivity contribution in [3.8, 4) is 5.75 Å². The number of amides is 2. The number of hydrogen-bond donors (Lipinski definition) is 2. The molecule has 2 aliphatic rings. The van der Waals surface area contributed by atoms with Gasteiger partial charge in [0.15, 0.2) is 0 Å². The van der Waals surface area contributed by atoms with Crippen molar-refractivity contribution in [2.75, 3.05) is 16.9 Å². The van der Waals surface area contributed by atoms with Gasteiger partial charge in [0.25, 0.3) is 11.8 Å². The van der Waals surface area contributed by atoms with Crippen LogP contribution in [0.3, 0.4) is 0 Å². The molecular formula is C22H24N4O3. The van der Waals surface area contributed by atoms with Crippen LogP contribution < -0.4 is 20.5 Å². The van der Waals surface area contributed by atoms with Gasteiger partial charge in [0.05, 0.1) is 11.8 Å². The highest BCUT2D eigenvalue weighted by Crippen LogP contribution is 2.25. The number of ether oxygens (including phenoxy) is 1. The lowest BCUT2D eigenvalue weighted by atomic mass is 10.2. The van der Waals surface area contributed by atoms with Crippen LogP contribution in [0.25, 0.3) is 0 Å². The van der Waals surface area contributed by atoms with E-state index in [4.69, 9.17) is 4.74 Å². The van der Waals surface area contributed by atoms with Gasteiger partial charge in [0, 0.05) is 5.69 Å². The number of aliphatic imine (C=N–C) groups is 1. The molecule has 1 aliphatic heterocycles. The zero-order valence-corrected chi connectivity index (χ0v) is 16.4. The molecule has 0 aromatic heterocycles. The highest BCUT2D eigenvalue weighted by atomic mass is 16.5. The number of hydrogen-bond acceptors (Lipinski definition) is 5. The molecule has 0 spiro atoms. The third-order valence-electron chi connectivity index (χ3n) is 5.06. The normalized spacial score (nSPS) is 16.9. The number of hydrazine groups is 1. The van der Waals surface area contributed by atoms with Crippen molar-refractivity contribution in [3.63, 3.8) is 0 Å². The number of benzene rings is 2. The van der Waals surface area contributed by atoms with E-state index in [0.29, 0.717) is 17.5 Å². The van der Waals surface area contributed by atoms with Gasteiger partial charge in [-0.05, 0) is 69.0 Å². The summed E-state index contributed by atoms with van der Waals surface area (Å²) >= 11 is 0. The second kappa shape index (κ2) is 8.34. The standard InChI is InChI=1S/C22H24N4O3/c1-15-6-10-17(11-7-15)26-20(27)14-23-21(25-26)22(28)24-16-8-12-19(13-9-16)29-18-4-2-3-5-18/h6-13,18H,2-5,14H2,1H3,(H,23,25)(H,24,28). The van der Waals surface area contributed by atoms with Crippen molar-refractivity contribution in [2.45, 2.75) is 38.7 Å². The van der Waals surface area contributed by atoms with E-state index in [0.717, 1.165) is 24.2 Å². The summed E-state index contributed by atoms with van der Waals surface area (Å²) in [4.78, 5) is 28.9. The van der Waals surface area contributed by atoms with Crippen LogP contribution in [-0.2, 0) is 9.59 Å². The summed E-state index contributed by atoms with van der Waals surface area (Å²) in [5.41, 5.74) is 5.20. The lowest BCUT2D eigenvalue weighted by Gasteiger charge is -2.27. The minimum Gasteiger partial charge on any atom is -0.490 e. The van der Waals surface area contributed by atoms with Crippen LogP contribution in [0.2, 0.25) is 0 Å². The molecule has 1 fully saturated rings. The lowest BCUT2D eigenvalue weighted by molar-refractivity contribution is -0.118. The maximum atomic E-state index is 12.6. The fraction of sp³-hybridized carbons (Fsp3) is 0.318. The van der Waals surface area contributed by atoms with E-state index in [-0.39, 0.29) is 18.3 Å². The Morgan fingerprint density at radius 3 is 2.48 bits per heavy atom. The fourth-order valence-electron chi connectivity index (χ4n) is 3.45. The summed E-state index contributed by atoms with van der Waals surface area (Å²) in [5.74, 6) is 0.272. The first-order chi connectivity index (χ1) is 14.1. The molecule has 1 heterocycles. The highest BCUT2D eigenvalue weighted by molar-refractivity contribution is 6.43. The molecule has 7 nitrogen and oxygen atoms in total. The number of amidine groups is 1. The summed E-state index contributed by atoms with van der Waals surface area (Å²) in [6.45, 7) is 1.89. The van der Waals surface area contributed by atoms with Crippen LogP contribution in [0.5, 0.6) is 5.75 Å². The summed E-state index contributed by atoms with van der Waals surface area (Å²) in [5, 5.41) is 4.15. The first-order valence-corrected chi connectivity index (χ1v) is 9.87. The Morgan fingerprint density at radius 2 is 1.79 bits per heavy atom. The monoisotopic (exact) mass is 392 g/mol. The minimum absolute atomic E-state index is 0.0855. The number of nitrogens with one attached hydrogen (secondary N) is 2. The number of nitrogens with zero attached hydrogens (tertiary/aromatic N) is 2. The van der Waals surface area contributed by atoms with Crippen LogP contribution in [0.15, 0.2) is 53.5 Å². The van der Waals surface area contributed by atoms with Crippen LogP contribution in [0.4, 0.5) is 11.4 Å². The van der Waals surface area contributed by atoms with Crippen LogP contribution >= 0.6 is 0 Å². The number of anilines is 2.